The van der Waals surface area contributed by atoms with Gasteiger partial charge in [-0.1, -0.05) is 30.4 Å². The van der Waals surface area contributed by atoms with Gasteiger partial charge in [0.25, 0.3) is 11.8 Å². The van der Waals surface area contributed by atoms with Crippen LogP contribution in [0.5, 0.6) is 5.75 Å². The van der Waals surface area contributed by atoms with Crippen molar-refractivity contribution in [1.82, 2.24) is 9.80 Å². The molecule has 0 bridgehead atoms. The topological polar surface area (TPSA) is 70.2 Å². The van der Waals surface area contributed by atoms with Crippen molar-refractivity contribution in [3.05, 3.63) is 84.5 Å². The molecule has 1 fully saturated rings. The fourth-order valence-electron chi connectivity index (χ4n) is 5.07. The van der Waals surface area contributed by atoms with Crippen LogP contribution in [0.4, 0.5) is 5.69 Å². The Morgan fingerprint density at radius 1 is 1.11 bits per heavy atom. The summed E-state index contributed by atoms with van der Waals surface area (Å²) in [5.74, 6) is 0.0702. The Labute approximate surface area is 212 Å². The minimum atomic E-state index is -0.276. The fourth-order valence-corrected chi connectivity index (χ4v) is 5.07. The van der Waals surface area contributed by atoms with Crippen molar-refractivity contribution in [2.24, 2.45) is 5.92 Å². The first-order valence-electron chi connectivity index (χ1n) is 12.4. The zero-order chi connectivity index (χ0) is 25.7. The van der Waals surface area contributed by atoms with Crippen LogP contribution in [0.3, 0.4) is 0 Å². The van der Waals surface area contributed by atoms with Crippen LogP contribution in [0.25, 0.3) is 0 Å². The Morgan fingerprint density at radius 2 is 1.86 bits per heavy atom. The number of ether oxygens (including phenoxy) is 1. The van der Waals surface area contributed by atoms with E-state index in [0.717, 1.165) is 36.4 Å². The second-order valence-electron chi connectivity index (χ2n) is 9.17. The van der Waals surface area contributed by atoms with Crippen LogP contribution in [0.1, 0.15) is 39.1 Å². The van der Waals surface area contributed by atoms with Gasteiger partial charge in [0, 0.05) is 32.7 Å². The second kappa shape index (κ2) is 11.2. The highest BCUT2D eigenvalue weighted by atomic mass is 16.5. The molecule has 2 heterocycles. The Balaban J connectivity index is 1.52. The number of amides is 3. The smallest absolute Gasteiger partial charge is 0.263 e. The van der Waals surface area contributed by atoms with E-state index in [1.807, 2.05) is 36.4 Å². The summed E-state index contributed by atoms with van der Waals surface area (Å²) in [5.41, 5.74) is 2.59. The molecule has 2 aromatic rings. The molecule has 7 heteroatoms. The van der Waals surface area contributed by atoms with Crippen molar-refractivity contribution in [2.45, 2.75) is 19.3 Å². The van der Waals surface area contributed by atoms with E-state index in [1.54, 1.807) is 30.2 Å². The summed E-state index contributed by atoms with van der Waals surface area (Å²) < 4.78 is 5.28. The number of fused-ring (bicyclic) bond motifs is 1. The van der Waals surface area contributed by atoms with Gasteiger partial charge in [0.1, 0.15) is 5.75 Å². The third-order valence-electron chi connectivity index (χ3n) is 6.86. The summed E-state index contributed by atoms with van der Waals surface area (Å²) >= 11 is 0. The summed E-state index contributed by atoms with van der Waals surface area (Å²) in [7, 11) is 1.61. The maximum Gasteiger partial charge on any atom is 0.263 e. The van der Waals surface area contributed by atoms with Crippen molar-refractivity contribution < 1.29 is 19.1 Å². The molecule has 0 aromatic heterocycles. The Morgan fingerprint density at radius 3 is 2.58 bits per heavy atom. The van der Waals surface area contributed by atoms with E-state index in [-0.39, 0.29) is 30.2 Å². The number of methoxy groups -OCH3 is 1. The van der Waals surface area contributed by atoms with E-state index in [1.165, 1.54) is 4.90 Å². The number of nitrogens with zero attached hydrogens (tertiary/aromatic N) is 3. The van der Waals surface area contributed by atoms with Crippen molar-refractivity contribution >= 4 is 23.4 Å². The van der Waals surface area contributed by atoms with E-state index in [2.05, 4.69) is 18.1 Å². The molecule has 1 saturated heterocycles. The molecule has 0 saturated carbocycles. The standard InChI is InChI=1S/C29H33N3O4/c1-4-15-30(16-5-2)27(33)22-10-8-17-31(20-22)25-13-7-12-24-26(25)29(35)32(28(24)34)18-14-21-9-6-11-23(19-21)36-3/h4-7,9,11-13,19,22H,1-2,8,10,14-18,20H2,3H3. The van der Waals surface area contributed by atoms with Crippen LogP contribution in [-0.2, 0) is 11.2 Å². The van der Waals surface area contributed by atoms with Crippen LogP contribution >= 0.6 is 0 Å². The van der Waals surface area contributed by atoms with Crippen molar-refractivity contribution in [2.75, 3.05) is 44.7 Å². The molecule has 4 rings (SSSR count). The van der Waals surface area contributed by atoms with Gasteiger partial charge in [-0.15, -0.1) is 13.2 Å². The first-order chi connectivity index (χ1) is 17.5. The first-order valence-corrected chi connectivity index (χ1v) is 12.4. The Bertz CT molecular complexity index is 1160. The van der Waals surface area contributed by atoms with Crippen molar-refractivity contribution in [1.29, 1.82) is 0 Å². The average molecular weight is 488 g/mol. The maximum atomic E-state index is 13.5. The van der Waals surface area contributed by atoms with Gasteiger partial charge in [0.2, 0.25) is 5.91 Å². The Kier molecular flexibility index (Phi) is 7.88. The molecule has 1 unspecified atom stereocenters. The van der Waals surface area contributed by atoms with Crippen molar-refractivity contribution in [3.8, 4) is 5.75 Å². The number of carbonyl (C=O) groups excluding carboxylic acids is 3. The predicted octanol–water partition coefficient (Wildman–Crippen LogP) is 3.95. The molecule has 0 aliphatic carbocycles. The first kappa shape index (κ1) is 25.2. The lowest BCUT2D eigenvalue weighted by Crippen LogP contribution is -2.45. The second-order valence-corrected chi connectivity index (χ2v) is 9.17. The minimum Gasteiger partial charge on any atom is -0.497 e. The van der Waals surface area contributed by atoms with Crippen LogP contribution in [0.15, 0.2) is 67.8 Å². The number of piperidine rings is 1. The highest BCUT2D eigenvalue weighted by Gasteiger charge is 2.39. The molecule has 2 aliphatic rings. The van der Waals surface area contributed by atoms with Gasteiger partial charge in [0.15, 0.2) is 0 Å². The monoisotopic (exact) mass is 487 g/mol. The summed E-state index contributed by atoms with van der Waals surface area (Å²) in [6, 6.07) is 13.0. The van der Waals surface area contributed by atoms with E-state index in [9.17, 15) is 14.4 Å². The average Bonchev–Trinajstić information content (AvgIpc) is 3.16. The number of carbonyl (C=O) groups is 3. The molecular weight excluding hydrogens is 454 g/mol. The van der Waals surface area contributed by atoms with Crippen LogP contribution in [-0.4, -0.2) is 67.4 Å². The summed E-state index contributed by atoms with van der Waals surface area (Å²) in [6.45, 7) is 9.98. The van der Waals surface area contributed by atoms with Crippen LogP contribution in [0.2, 0.25) is 0 Å². The molecule has 36 heavy (non-hydrogen) atoms. The lowest BCUT2D eigenvalue weighted by molar-refractivity contribution is -0.134. The largest absolute Gasteiger partial charge is 0.497 e. The third-order valence-corrected chi connectivity index (χ3v) is 6.86. The van der Waals surface area contributed by atoms with Crippen LogP contribution < -0.4 is 9.64 Å². The maximum absolute atomic E-state index is 13.5. The van der Waals surface area contributed by atoms with E-state index >= 15 is 0 Å². The number of hydrogen-bond donors (Lipinski definition) is 0. The number of imide groups is 1. The highest BCUT2D eigenvalue weighted by Crippen LogP contribution is 2.34. The molecule has 0 N–H and O–H groups in total. The normalized spacial score (nSPS) is 17.1. The zero-order valence-electron chi connectivity index (χ0n) is 20.8. The van der Waals surface area contributed by atoms with E-state index in [4.69, 9.17) is 4.74 Å². The van der Waals surface area contributed by atoms with Crippen LogP contribution in [0, 0.1) is 5.92 Å². The lowest BCUT2D eigenvalue weighted by atomic mass is 9.94. The quantitative estimate of drug-likeness (QED) is 0.375. The SMILES string of the molecule is C=CCN(CC=C)C(=O)C1CCCN(c2cccc3c2C(=O)N(CCc2cccc(OC)c2)C3=O)C1. The molecule has 0 spiro atoms. The lowest BCUT2D eigenvalue weighted by Gasteiger charge is -2.36. The zero-order valence-corrected chi connectivity index (χ0v) is 20.8. The summed E-state index contributed by atoms with van der Waals surface area (Å²) in [5, 5.41) is 0. The van der Waals surface area contributed by atoms with Gasteiger partial charge in [-0.05, 0) is 49.1 Å². The third kappa shape index (κ3) is 5.05. The van der Waals surface area contributed by atoms with Gasteiger partial charge in [-0.2, -0.15) is 0 Å². The predicted molar refractivity (Wildman–Crippen MR) is 140 cm³/mol. The number of rotatable bonds is 10. The molecule has 1 atom stereocenters. The molecular formula is C29H33N3O4. The van der Waals surface area contributed by atoms with Gasteiger partial charge < -0.3 is 14.5 Å². The molecule has 2 aliphatic heterocycles. The molecule has 188 valence electrons. The van der Waals surface area contributed by atoms with Gasteiger partial charge in [-0.25, -0.2) is 0 Å². The molecule has 0 radical (unpaired) electrons. The molecule has 7 nitrogen and oxygen atoms in total. The van der Waals surface area contributed by atoms with E-state index < -0.39 is 0 Å². The number of hydrogen-bond acceptors (Lipinski definition) is 5. The molecule has 2 aromatic carbocycles. The Hall–Kier alpha value is -3.87. The summed E-state index contributed by atoms with van der Waals surface area (Å²) in [6.07, 6.45) is 5.60. The van der Waals surface area contributed by atoms with Gasteiger partial charge >= 0.3 is 0 Å². The van der Waals surface area contributed by atoms with Gasteiger partial charge in [0.05, 0.1) is 29.8 Å². The van der Waals surface area contributed by atoms with Gasteiger partial charge in [-0.3, -0.25) is 19.3 Å². The fraction of sp³-hybridized carbons (Fsp3) is 0.345. The summed E-state index contributed by atoms with van der Waals surface area (Å²) in [4.78, 5) is 45.0. The highest BCUT2D eigenvalue weighted by molar-refractivity contribution is 6.23. The number of anilines is 1. The van der Waals surface area contributed by atoms with Crippen molar-refractivity contribution in [3.63, 3.8) is 0 Å². The molecule has 3 amide bonds. The number of benzene rings is 2. The minimum absolute atomic E-state index is 0.0643. The van der Waals surface area contributed by atoms with E-state index in [0.29, 0.717) is 37.2 Å².